The van der Waals surface area contributed by atoms with Crippen LogP contribution in [0.25, 0.3) is 0 Å². The molecular weight excluding hydrogens is 332 g/mol. The van der Waals surface area contributed by atoms with Crippen LogP contribution in [0.15, 0.2) is 60.8 Å². The van der Waals surface area contributed by atoms with E-state index in [-0.39, 0.29) is 30.7 Å². The SMILES string of the molecule is C=C1C(=O)N(Cc2ccc(OC)cc2)C(=O)N1Cc1ccc(OC)cc1. The predicted molar refractivity (Wildman–Crippen MR) is 96.6 cm³/mol. The van der Waals surface area contributed by atoms with E-state index in [1.54, 1.807) is 26.4 Å². The normalized spacial score (nSPS) is 14.2. The Kier molecular flexibility index (Phi) is 4.93. The number of benzene rings is 2. The minimum atomic E-state index is -0.376. The molecule has 0 unspecified atom stereocenters. The van der Waals surface area contributed by atoms with Crippen LogP contribution in [0.2, 0.25) is 0 Å². The maximum atomic E-state index is 12.7. The lowest BCUT2D eigenvalue weighted by Crippen LogP contribution is -2.32. The lowest BCUT2D eigenvalue weighted by molar-refractivity contribution is -0.123. The maximum absolute atomic E-state index is 12.7. The van der Waals surface area contributed by atoms with Gasteiger partial charge in [0.1, 0.15) is 17.2 Å². The zero-order valence-corrected chi connectivity index (χ0v) is 14.8. The molecule has 6 nitrogen and oxygen atoms in total. The Bertz CT molecular complexity index is 758. The van der Waals surface area contributed by atoms with Crippen LogP contribution in [0.1, 0.15) is 11.1 Å². The third-order valence-electron chi connectivity index (χ3n) is 4.28. The van der Waals surface area contributed by atoms with E-state index < -0.39 is 0 Å². The maximum Gasteiger partial charge on any atom is 0.332 e. The molecule has 1 heterocycles. The van der Waals surface area contributed by atoms with Gasteiger partial charge in [0.15, 0.2) is 0 Å². The molecule has 0 spiro atoms. The topological polar surface area (TPSA) is 59.1 Å². The van der Waals surface area contributed by atoms with E-state index in [2.05, 4.69) is 6.58 Å². The number of carbonyl (C=O) groups excluding carboxylic acids is 2. The largest absolute Gasteiger partial charge is 0.497 e. The number of hydrogen-bond donors (Lipinski definition) is 0. The summed E-state index contributed by atoms with van der Waals surface area (Å²) in [5.74, 6) is 1.08. The Labute approximate surface area is 152 Å². The first kappa shape index (κ1) is 17.5. The van der Waals surface area contributed by atoms with Crippen molar-refractivity contribution in [3.05, 3.63) is 71.9 Å². The van der Waals surface area contributed by atoms with Crippen molar-refractivity contribution in [1.29, 1.82) is 0 Å². The van der Waals surface area contributed by atoms with Gasteiger partial charge in [0, 0.05) is 0 Å². The zero-order chi connectivity index (χ0) is 18.7. The Hall–Kier alpha value is -3.28. The van der Waals surface area contributed by atoms with Crippen molar-refractivity contribution >= 4 is 11.9 Å². The first-order chi connectivity index (χ1) is 12.5. The van der Waals surface area contributed by atoms with Crippen molar-refractivity contribution in [2.24, 2.45) is 0 Å². The second-order valence-corrected chi connectivity index (χ2v) is 5.90. The van der Waals surface area contributed by atoms with Gasteiger partial charge in [0.25, 0.3) is 5.91 Å². The molecular formula is C20H20N2O4. The summed E-state index contributed by atoms with van der Waals surface area (Å²) in [7, 11) is 3.18. The van der Waals surface area contributed by atoms with Gasteiger partial charge in [-0.1, -0.05) is 30.8 Å². The van der Waals surface area contributed by atoms with Gasteiger partial charge in [-0.2, -0.15) is 0 Å². The molecule has 0 bridgehead atoms. The van der Waals surface area contributed by atoms with E-state index >= 15 is 0 Å². The fourth-order valence-electron chi connectivity index (χ4n) is 2.75. The van der Waals surface area contributed by atoms with Gasteiger partial charge >= 0.3 is 6.03 Å². The molecule has 3 rings (SSSR count). The lowest BCUT2D eigenvalue weighted by Gasteiger charge is -2.17. The highest BCUT2D eigenvalue weighted by molar-refractivity contribution is 6.11. The summed E-state index contributed by atoms with van der Waals surface area (Å²) in [6.07, 6.45) is 0. The average molecular weight is 352 g/mol. The summed E-state index contributed by atoms with van der Waals surface area (Å²) in [5.41, 5.74) is 1.91. The number of amides is 3. The summed E-state index contributed by atoms with van der Waals surface area (Å²) in [6.45, 7) is 4.26. The minimum Gasteiger partial charge on any atom is -0.497 e. The fourth-order valence-corrected chi connectivity index (χ4v) is 2.75. The van der Waals surface area contributed by atoms with Crippen LogP contribution in [-0.2, 0) is 17.9 Å². The molecule has 3 amide bonds. The highest BCUT2D eigenvalue weighted by Crippen LogP contribution is 2.25. The quantitative estimate of drug-likeness (QED) is 0.592. The molecule has 0 atom stereocenters. The predicted octanol–water partition coefficient (Wildman–Crippen LogP) is 3.18. The summed E-state index contributed by atoms with van der Waals surface area (Å²) >= 11 is 0. The second-order valence-electron chi connectivity index (χ2n) is 5.90. The minimum absolute atomic E-state index is 0.180. The van der Waals surface area contributed by atoms with E-state index in [1.807, 2.05) is 36.4 Å². The molecule has 2 aromatic carbocycles. The summed E-state index contributed by atoms with van der Waals surface area (Å²) in [5, 5.41) is 0. The van der Waals surface area contributed by atoms with Gasteiger partial charge in [0.05, 0.1) is 27.3 Å². The molecule has 0 aliphatic carbocycles. The molecule has 2 aromatic rings. The first-order valence-electron chi connectivity index (χ1n) is 8.11. The lowest BCUT2D eigenvalue weighted by atomic mass is 10.2. The van der Waals surface area contributed by atoms with Crippen molar-refractivity contribution in [3.8, 4) is 11.5 Å². The summed E-state index contributed by atoms with van der Waals surface area (Å²) in [4.78, 5) is 27.8. The van der Waals surface area contributed by atoms with Crippen LogP contribution in [0, 0.1) is 0 Å². The van der Waals surface area contributed by atoms with Crippen LogP contribution < -0.4 is 9.47 Å². The number of carbonyl (C=O) groups is 2. The van der Waals surface area contributed by atoms with Crippen molar-refractivity contribution in [3.63, 3.8) is 0 Å². The molecule has 0 saturated carbocycles. The Morgan fingerprint density at radius 3 is 1.62 bits per heavy atom. The van der Waals surface area contributed by atoms with Gasteiger partial charge < -0.3 is 9.47 Å². The highest BCUT2D eigenvalue weighted by atomic mass is 16.5. The molecule has 6 heteroatoms. The highest BCUT2D eigenvalue weighted by Gasteiger charge is 2.39. The van der Waals surface area contributed by atoms with E-state index in [9.17, 15) is 9.59 Å². The van der Waals surface area contributed by atoms with Gasteiger partial charge in [-0.3, -0.25) is 14.6 Å². The molecule has 0 aromatic heterocycles. The summed E-state index contributed by atoms with van der Waals surface area (Å²) < 4.78 is 10.2. The smallest absolute Gasteiger partial charge is 0.332 e. The van der Waals surface area contributed by atoms with Crippen molar-refractivity contribution < 1.29 is 19.1 Å². The monoisotopic (exact) mass is 352 g/mol. The first-order valence-corrected chi connectivity index (χ1v) is 8.11. The number of ether oxygens (including phenoxy) is 2. The standard InChI is InChI=1S/C20H20N2O4/c1-14-19(23)22(13-16-6-10-18(26-3)11-7-16)20(24)21(14)12-15-4-8-17(25-2)9-5-15/h4-11H,1,12-13H2,2-3H3. The van der Waals surface area contributed by atoms with Gasteiger partial charge in [0.2, 0.25) is 0 Å². The fraction of sp³-hybridized carbons (Fsp3) is 0.200. The van der Waals surface area contributed by atoms with Gasteiger partial charge in [-0.15, -0.1) is 0 Å². The third-order valence-corrected chi connectivity index (χ3v) is 4.28. The molecule has 26 heavy (non-hydrogen) atoms. The van der Waals surface area contributed by atoms with Crippen LogP contribution in [-0.4, -0.2) is 36.0 Å². The molecule has 0 radical (unpaired) electrons. The molecule has 0 N–H and O–H groups in total. The molecule has 1 saturated heterocycles. The third kappa shape index (κ3) is 3.39. The van der Waals surface area contributed by atoms with E-state index in [0.717, 1.165) is 22.6 Å². The number of nitrogens with zero attached hydrogens (tertiary/aromatic N) is 2. The number of methoxy groups -OCH3 is 2. The molecule has 1 fully saturated rings. The van der Waals surface area contributed by atoms with Crippen LogP contribution in [0.4, 0.5) is 4.79 Å². The number of imide groups is 1. The van der Waals surface area contributed by atoms with Crippen LogP contribution in [0.5, 0.6) is 11.5 Å². The van der Waals surface area contributed by atoms with Crippen molar-refractivity contribution in [1.82, 2.24) is 9.80 Å². The number of urea groups is 1. The molecule has 1 aliphatic rings. The Balaban J connectivity index is 1.73. The van der Waals surface area contributed by atoms with E-state index in [4.69, 9.17) is 9.47 Å². The number of rotatable bonds is 6. The van der Waals surface area contributed by atoms with Gasteiger partial charge in [-0.25, -0.2) is 4.79 Å². The summed E-state index contributed by atoms with van der Waals surface area (Å²) in [6, 6.07) is 14.2. The van der Waals surface area contributed by atoms with Crippen LogP contribution in [0.3, 0.4) is 0 Å². The van der Waals surface area contributed by atoms with Crippen molar-refractivity contribution in [2.45, 2.75) is 13.1 Å². The van der Waals surface area contributed by atoms with Crippen LogP contribution >= 0.6 is 0 Å². The van der Waals surface area contributed by atoms with Crippen molar-refractivity contribution in [2.75, 3.05) is 14.2 Å². The average Bonchev–Trinajstić information content (AvgIpc) is 2.87. The van der Waals surface area contributed by atoms with E-state index in [0.29, 0.717) is 0 Å². The molecule has 134 valence electrons. The second kappa shape index (κ2) is 7.31. The van der Waals surface area contributed by atoms with E-state index in [1.165, 1.54) is 9.80 Å². The Morgan fingerprint density at radius 1 is 0.769 bits per heavy atom. The zero-order valence-electron chi connectivity index (χ0n) is 14.8. The Morgan fingerprint density at radius 2 is 1.19 bits per heavy atom. The molecule has 1 aliphatic heterocycles. The number of hydrogen-bond acceptors (Lipinski definition) is 4. The van der Waals surface area contributed by atoms with Gasteiger partial charge in [-0.05, 0) is 35.4 Å².